The van der Waals surface area contributed by atoms with Crippen molar-refractivity contribution in [3.63, 3.8) is 0 Å². The highest BCUT2D eigenvalue weighted by molar-refractivity contribution is 6.30. The van der Waals surface area contributed by atoms with Crippen LogP contribution >= 0.6 is 11.6 Å². The summed E-state index contributed by atoms with van der Waals surface area (Å²) in [5.74, 6) is 5.31. The van der Waals surface area contributed by atoms with Crippen LogP contribution in [0.25, 0.3) is 0 Å². The van der Waals surface area contributed by atoms with E-state index in [2.05, 4.69) is 24.2 Å². The molecule has 0 aromatic heterocycles. The summed E-state index contributed by atoms with van der Waals surface area (Å²) >= 11 is 5.81. The molecule has 19 heavy (non-hydrogen) atoms. The number of nitrogens with two attached hydrogens (primary N) is 1. The Hall–Kier alpha value is -0.680. The molecule has 2 atom stereocenters. The summed E-state index contributed by atoms with van der Waals surface area (Å²) < 4.78 is 13.2. The summed E-state index contributed by atoms with van der Waals surface area (Å²) in [5, 5.41) is 0.149. The fourth-order valence-corrected chi connectivity index (χ4v) is 2.44. The van der Waals surface area contributed by atoms with E-state index in [4.69, 9.17) is 17.4 Å². The van der Waals surface area contributed by atoms with Gasteiger partial charge >= 0.3 is 0 Å². The molecule has 3 nitrogen and oxygen atoms in total. The van der Waals surface area contributed by atoms with Crippen LogP contribution in [0, 0.1) is 5.82 Å². The van der Waals surface area contributed by atoms with Crippen LogP contribution in [0.1, 0.15) is 25.8 Å². The third-order valence-corrected chi connectivity index (χ3v) is 4.40. The predicted octanol–water partition coefficient (Wildman–Crippen LogP) is 2.58. The third-order valence-electron chi connectivity index (χ3n) is 4.11. The first kappa shape index (κ1) is 16.4. The predicted molar refractivity (Wildman–Crippen MR) is 78.6 cm³/mol. The average molecular weight is 288 g/mol. The molecule has 0 aliphatic heterocycles. The van der Waals surface area contributed by atoms with Crippen molar-refractivity contribution in [1.29, 1.82) is 0 Å². The quantitative estimate of drug-likeness (QED) is 0.624. The first-order valence-electron chi connectivity index (χ1n) is 6.42. The summed E-state index contributed by atoms with van der Waals surface area (Å²) in [6, 6.07) is 4.85. The molecule has 3 N–H and O–H groups in total. The minimum atomic E-state index is -0.395. The zero-order valence-corrected chi connectivity index (χ0v) is 12.8. The third kappa shape index (κ3) is 3.66. The number of rotatable bonds is 6. The molecular weight excluding hydrogens is 265 g/mol. The van der Waals surface area contributed by atoms with E-state index in [-0.39, 0.29) is 16.6 Å². The monoisotopic (exact) mass is 287 g/mol. The first-order valence-corrected chi connectivity index (χ1v) is 6.80. The van der Waals surface area contributed by atoms with E-state index in [1.807, 2.05) is 14.1 Å². The second-order valence-electron chi connectivity index (χ2n) is 5.28. The van der Waals surface area contributed by atoms with Crippen molar-refractivity contribution in [3.05, 3.63) is 34.6 Å². The Balaban J connectivity index is 2.95. The Bertz CT molecular complexity index is 425. The van der Waals surface area contributed by atoms with Gasteiger partial charge in [-0.3, -0.25) is 11.3 Å². The van der Waals surface area contributed by atoms with Crippen LogP contribution < -0.4 is 11.3 Å². The summed E-state index contributed by atoms with van der Waals surface area (Å²) in [5.41, 5.74) is 3.76. The van der Waals surface area contributed by atoms with Crippen molar-refractivity contribution in [2.24, 2.45) is 5.84 Å². The molecule has 0 heterocycles. The lowest BCUT2D eigenvalue weighted by atomic mass is 9.84. The molecule has 0 aliphatic carbocycles. The van der Waals surface area contributed by atoms with Gasteiger partial charge in [0.25, 0.3) is 0 Å². The summed E-state index contributed by atoms with van der Waals surface area (Å²) in [7, 11) is 4.07. The number of hydrazine groups is 1. The van der Waals surface area contributed by atoms with Crippen LogP contribution in [-0.4, -0.2) is 30.6 Å². The van der Waals surface area contributed by atoms with E-state index in [1.54, 1.807) is 12.1 Å². The standard InChI is InChI=1S/C14H23ClFN3/c1-5-14(2,19(3)4)13(18-17)9-10-6-7-12(16)11(15)8-10/h6-8,13,18H,5,9,17H2,1-4H3. The van der Waals surface area contributed by atoms with Crippen molar-refractivity contribution in [1.82, 2.24) is 10.3 Å². The highest BCUT2D eigenvalue weighted by Crippen LogP contribution is 2.25. The zero-order valence-electron chi connectivity index (χ0n) is 12.0. The van der Waals surface area contributed by atoms with Crippen LogP contribution in [0.5, 0.6) is 0 Å². The van der Waals surface area contributed by atoms with Crippen molar-refractivity contribution >= 4 is 11.6 Å². The molecule has 0 bridgehead atoms. The van der Waals surface area contributed by atoms with Crippen LogP contribution in [0.2, 0.25) is 5.02 Å². The van der Waals surface area contributed by atoms with Gasteiger partial charge in [-0.05, 0) is 51.6 Å². The maximum atomic E-state index is 13.2. The van der Waals surface area contributed by atoms with Crippen LogP contribution in [0.4, 0.5) is 4.39 Å². The van der Waals surface area contributed by atoms with E-state index >= 15 is 0 Å². The van der Waals surface area contributed by atoms with E-state index in [0.29, 0.717) is 6.42 Å². The largest absolute Gasteiger partial charge is 0.302 e. The van der Waals surface area contributed by atoms with Crippen LogP contribution in [-0.2, 0) is 6.42 Å². The number of likely N-dealkylation sites (N-methyl/N-ethyl adjacent to an activating group) is 1. The molecule has 5 heteroatoms. The van der Waals surface area contributed by atoms with Crippen molar-refractivity contribution < 1.29 is 4.39 Å². The average Bonchev–Trinajstić information content (AvgIpc) is 2.38. The number of hydrogen-bond donors (Lipinski definition) is 2. The fraction of sp³-hybridized carbons (Fsp3) is 0.571. The Labute approximate surface area is 119 Å². The van der Waals surface area contributed by atoms with Gasteiger partial charge in [-0.2, -0.15) is 0 Å². The molecule has 1 rings (SSSR count). The van der Waals surface area contributed by atoms with Crippen LogP contribution in [0.15, 0.2) is 18.2 Å². The van der Waals surface area contributed by atoms with Gasteiger partial charge < -0.3 is 4.90 Å². The molecule has 1 aromatic rings. The molecule has 1 aromatic carbocycles. The number of nitrogens with one attached hydrogen (secondary N) is 1. The van der Waals surface area contributed by atoms with Gasteiger partial charge in [-0.15, -0.1) is 0 Å². The fourth-order valence-electron chi connectivity index (χ4n) is 2.23. The second kappa shape index (κ2) is 6.66. The van der Waals surface area contributed by atoms with Gasteiger partial charge in [-0.25, -0.2) is 4.39 Å². The molecule has 0 spiro atoms. The van der Waals surface area contributed by atoms with Crippen LogP contribution in [0.3, 0.4) is 0 Å². The number of benzene rings is 1. The molecular formula is C14H23ClFN3. The lowest BCUT2D eigenvalue weighted by Gasteiger charge is -2.42. The SMILES string of the molecule is CCC(C)(C(Cc1ccc(F)c(Cl)c1)NN)N(C)C. The Morgan fingerprint density at radius 1 is 1.47 bits per heavy atom. The lowest BCUT2D eigenvalue weighted by Crippen LogP contribution is -2.59. The number of hydrogen-bond acceptors (Lipinski definition) is 3. The molecule has 2 unspecified atom stereocenters. The Morgan fingerprint density at radius 2 is 2.11 bits per heavy atom. The Kier molecular flexibility index (Phi) is 5.74. The maximum Gasteiger partial charge on any atom is 0.141 e. The molecule has 0 fully saturated rings. The van der Waals surface area contributed by atoms with E-state index in [1.165, 1.54) is 6.07 Å². The van der Waals surface area contributed by atoms with Gasteiger partial charge in [0, 0.05) is 11.6 Å². The molecule has 0 aliphatic rings. The minimum absolute atomic E-state index is 0.0500. The van der Waals surface area contributed by atoms with Gasteiger partial charge in [0.05, 0.1) is 5.02 Å². The minimum Gasteiger partial charge on any atom is -0.302 e. The topological polar surface area (TPSA) is 41.3 Å². The van der Waals surface area contributed by atoms with Crippen molar-refractivity contribution in [2.75, 3.05) is 14.1 Å². The Morgan fingerprint density at radius 3 is 2.53 bits per heavy atom. The first-order chi connectivity index (χ1) is 8.85. The second-order valence-corrected chi connectivity index (χ2v) is 5.68. The van der Waals surface area contributed by atoms with Gasteiger partial charge in [-0.1, -0.05) is 24.6 Å². The molecule has 0 saturated heterocycles. The molecule has 0 amide bonds. The van der Waals surface area contributed by atoms with E-state index in [0.717, 1.165) is 12.0 Å². The van der Waals surface area contributed by atoms with Gasteiger partial charge in [0.1, 0.15) is 5.82 Å². The number of nitrogens with zero attached hydrogens (tertiary/aromatic N) is 1. The van der Waals surface area contributed by atoms with Gasteiger partial charge in [0.2, 0.25) is 0 Å². The summed E-state index contributed by atoms with van der Waals surface area (Å²) in [6.07, 6.45) is 1.64. The summed E-state index contributed by atoms with van der Waals surface area (Å²) in [6.45, 7) is 4.28. The maximum absolute atomic E-state index is 13.2. The molecule has 108 valence electrons. The zero-order chi connectivity index (χ0) is 14.6. The normalized spacial score (nSPS) is 16.4. The van der Waals surface area contributed by atoms with Crippen molar-refractivity contribution in [2.45, 2.75) is 38.3 Å². The highest BCUT2D eigenvalue weighted by atomic mass is 35.5. The lowest BCUT2D eigenvalue weighted by molar-refractivity contribution is 0.112. The van der Waals surface area contributed by atoms with Gasteiger partial charge in [0.15, 0.2) is 0 Å². The highest BCUT2D eigenvalue weighted by Gasteiger charge is 2.34. The van der Waals surface area contributed by atoms with E-state index in [9.17, 15) is 4.39 Å². The number of halogens is 2. The van der Waals surface area contributed by atoms with E-state index < -0.39 is 5.82 Å². The molecule has 0 saturated carbocycles. The van der Waals surface area contributed by atoms with Crippen molar-refractivity contribution in [3.8, 4) is 0 Å². The molecule has 0 radical (unpaired) electrons. The smallest absolute Gasteiger partial charge is 0.141 e. The summed E-state index contributed by atoms with van der Waals surface area (Å²) in [4.78, 5) is 2.16.